The van der Waals surface area contributed by atoms with Gasteiger partial charge in [-0.25, -0.2) is 8.78 Å². The highest BCUT2D eigenvalue weighted by atomic mass is 19.1. The van der Waals surface area contributed by atoms with Crippen LogP contribution in [0.2, 0.25) is 0 Å². The van der Waals surface area contributed by atoms with E-state index in [-0.39, 0.29) is 0 Å². The summed E-state index contributed by atoms with van der Waals surface area (Å²) in [6.45, 7) is 5.74. The Morgan fingerprint density at radius 3 is 2.13 bits per heavy atom. The van der Waals surface area contributed by atoms with Gasteiger partial charge in [0.25, 0.3) is 0 Å². The molecule has 1 aliphatic rings. The van der Waals surface area contributed by atoms with Crippen LogP contribution in [0.15, 0.2) is 24.8 Å². The molecule has 0 amide bonds. The summed E-state index contributed by atoms with van der Waals surface area (Å²) in [5, 5.41) is 0. The van der Waals surface area contributed by atoms with E-state index < -0.39 is 11.6 Å². The van der Waals surface area contributed by atoms with E-state index in [2.05, 4.69) is 11.5 Å². The molecule has 0 spiro atoms. The van der Waals surface area contributed by atoms with Crippen molar-refractivity contribution in [2.45, 2.75) is 12.8 Å². The van der Waals surface area contributed by atoms with Gasteiger partial charge in [-0.3, -0.25) is 0 Å². The van der Waals surface area contributed by atoms with Crippen molar-refractivity contribution in [3.05, 3.63) is 42.0 Å². The molecule has 80 valence electrons. The van der Waals surface area contributed by atoms with Crippen LogP contribution in [0.4, 0.5) is 8.78 Å². The second-order valence-electron chi connectivity index (χ2n) is 3.80. The summed E-state index contributed by atoms with van der Waals surface area (Å²) in [6.07, 6.45) is 2.24. The third kappa shape index (κ3) is 2.17. The minimum atomic E-state index is -0.551. The predicted molar refractivity (Wildman–Crippen MR) is 56.2 cm³/mol. The van der Waals surface area contributed by atoms with Gasteiger partial charge in [-0.2, -0.15) is 0 Å². The molecule has 2 rings (SSSR count). The van der Waals surface area contributed by atoms with Crippen molar-refractivity contribution >= 4 is 5.70 Å². The molecule has 1 saturated heterocycles. The van der Waals surface area contributed by atoms with Gasteiger partial charge in [-0.1, -0.05) is 6.58 Å². The molecule has 1 fully saturated rings. The zero-order valence-electron chi connectivity index (χ0n) is 8.47. The summed E-state index contributed by atoms with van der Waals surface area (Å²) in [7, 11) is 0. The molecule has 0 atom stereocenters. The van der Waals surface area contributed by atoms with Crippen molar-refractivity contribution in [3.63, 3.8) is 0 Å². The van der Waals surface area contributed by atoms with E-state index in [1.165, 1.54) is 12.1 Å². The van der Waals surface area contributed by atoms with Gasteiger partial charge >= 0.3 is 0 Å². The lowest BCUT2D eigenvalue weighted by atomic mass is 10.1. The zero-order valence-corrected chi connectivity index (χ0v) is 8.47. The van der Waals surface area contributed by atoms with Crippen LogP contribution in [0.25, 0.3) is 5.70 Å². The van der Waals surface area contributed by atoms with Crippen LogP contribution in [-0.4, -0.2) is 18.0 Å². The Morgan fingerprint density at radius 2 is 1.60 bits per heavy atom. The van der Waals surface area contributed by atoms with Gasteiger partial charge in [0.1, 0.15) is 11.6 Å². The lowest BCUT2D eigenvalue weighted by Gasteiger charge is -2.20. The second kappa shape index (κ2) is 4.01. The summed E-state index contributed by atoms with van der Waals surface area (Å²) < 4.78 is 26.0. The first-order chi connectivity index (χ1) is 7.16. The number of benzene rings is 1. The first-order valence-electron chi connectivity index (χ1n) is 5.07. The van der Waals surface area contributed by atoms with Crippen molar-refractivity contribution in [1.29, 1.82) is 0 Å². The molecule has 1 aromatic rings. The Balaban J connectivity index is 2.24. The van der Waals surface area contributed by atoms with Gasteiger partial charge in [-0.05, 0) is 25.0 Å². The van der Waals surface area contributed by atoms with Crippen LogP contribution in [0.5, 0.6) is 0 Å². The van der Waals surface area contributed by atoms with Crippen LogP contribution in [0.3, 0.4) is 0 Å². The Bertz CT molecular complexity index is 361. The number of hydrogen-bond acceptors (Lipinski definition) is 1. The second-order valence-corrected chi connectivity index (χ2v) is 3.80. The smallest absolute Gasteiger partial charge is 0.126 e. The van der Waals surface area contributed by atoms with Gasteiger partial charge in [0.15, 0.2) is 0 Å². The van der Waals surface area contributed by atoms with Crippen molar-refractivity contribution < 1.29 is 8.78 Å². The lowest BCUT2D eigenvalue weighted by Crippen LogP contribution is -2.16. The third-order valence-electron chi connectivity index (χ3n) is 2.68. The molecular weight excluding hydrogens is 196 g/mol. The molecule has 15 heavy (non-hydrogen) atoms. The van der Waals surface area contributed by atoms with E-state index in [1.54, 1.807) is 0 Å². The fraction of sp³-hybridized carbons (Fsp3) is 0.333. The number of nitrogens with zero attached hydrogens (tertiary/aromatic N) is 1. The third-order valence-corrected chi connectivity index (χ3v) is 2.68. The monoisotopic (exact) mass is 209 g/mol. The zero-order chi connectivity index (χ0) is 10.8. The van der Waals surface area contributed by atoms with Crippen LogP contribution < -0.4 is 0 Å². The molecule has 1 nitrogen and oxygen atoms in total. The fourth-order valence-electron chi connectivity index (χ4n) is 1.89. The molecule has 0 aromatic heterocycles. The quantitative estimate of drug-likeness (QED) is 0.723. The minimum Gasteiger partial charge on any atom is -0.372 e. The molecule has 1 heterocycles. The van der Waals surface area contributed by atoms with Crippen molar-refractivity contribution in [1.82, 2.24) is 4.90 Å². The van der Waals surface area contributed by atoms with Gasteiger partial charge in [0.2, 0.25) is 0 Å². The van der Waals surface area contributed by atoms with E-state index in [9.17, 15) is 8.78 Å². The Labute approximate surface area is 88.0 Å². The molecule has 0 unspecified atom stereocenters. The molecule has 0 aliphatic carbocycles. The van der Waals surface area contributed by atoms with E-state index in [1.807, 2.05) is 0 Å². The van der Waals surface area contributed by atoms with Gasteiger partial charge in [0, 0.05) is 30.4 Å². The number of hydrogen-bond donors (Lipinski definition) is 0. The van der Waals surface area contributed by atoms with E-state index in [4.69, 9.17) is 0 Å². The molecule has 3 heteroatoms. The van der Waals surface area contributed by atoms with Gasteiger partial charge in [-0.15, -0.1) is 0 Å². The topological polar surface area (TPSA) is 3.24 Å². The molecule has 1 aromatic carbocycles. The summed E-state index contributed by atoms with van der Waals surface area (Å²) in [4.78, 5) is 2.06. The van der Waals surface area contributed by atoms with Crippen LogP contribution in [0.1, 0.15) is 18.4 Å². The van der Waals surface area contributed by atoms with E-state index in [0.717, 1.165) is 32.0 Å². The highest BCUT2D eigenvalue weighted by molar-refractivity contribution is 5.62. The van der Waals surface area contributed by atoms with Crippen LogP contribution in [0, 0.1) is 11.6 Å². The first-order valence-corrected chi connectivity index (χ1v) is 5.07. The molecule has 1 aliphatic heterocycles. The number of rotatable bonds is 2. The summed E-state index contributed by atoms with van der Waals surface area (Å²) in [6, 6.07) is 3.52. The van der Waals surface area contributed by atoms with Crippen molar-refractivity contribution in [2.24, 2.45) is 0 Å². The summed E-state index contributed by atoms with van der Waals surface area (Å²) >= 11 is 0. The van der Waals surface area contributed by atoms with E-state index in [0.29, 0.717) is 11.3 Å². The van der Waals surface area contributed by atoms with Gasteiger partial charge < -0.3 is 4.90 Å². The fourth-order valence-corrected chi connectivity index (χ4v) is 1.89. The maximum absolute atomic E-state index is 13.0. The van der Waals surface area contributed by atoms with Crippen LogP contribution >= 0.6 is 0 Å². The highest BCUT2D eigenvalue weighted by Gasteiger charge is 2.15. The van der Waals surface area contributed by atoms with Crippen LogP contribution in [-0.2, 0) is 0 Å². The molecule has 0 saturated carbocycles. The van der Waals surface area contributed by atoms with Gasteiger partial charge in [0.05, 0.1) is 0 Å². The maximum Gasteiger partial charge on any atom is 0.126 e. The molecular formula is C12H13F2N. The van der Waals surface area contributed by atoms with E-state index >= 15 is 0 Å². The maximum atomic E-state index is 13.0. The standard InChI is InChI=1S/C12H13F2N/c1-9(15-4-2-3-5-15)10-6-11(13)8-12(14)7-10/h6-8H,1-5H2. The van der Waals surface area contributed by atoms with Crippen molar-refractivity contribution in [2.75, 3.05) is 13.1 Å². The normalized spacial score (nSPS) is 15.7. The predicted octanol–water partition coefficient (Wildman–Crippen LogP) is 3.03. The summed E-state index contributed by atoms with van der Waals surface area (Å²) in [5.41, 5.74) is 1.25. The number of halogens is 2. The average molecular weight is 209 g/mol. The molecule has 0 N–H and O–H groups in total. The largest absolute Gasteiger partial charge is 0.372 e. The van der Waals surface area contributed by atoms with Crippen molar-refractivity contribution in [3.8, 4) is 0 Å². The lowest BCUT2D eigenvalue weighted by molar-refractivity contribution is 0.492. The summed E-state index contributed by atoms with van der Waals surface area (Å²) in [5.74, 6) is -1.10. The SMILES string of the molecule is C=C(c1cc(F)cc(F)c1)N1CCCC1. The first kappa shape index (κ1) is 10.1. The number of likely N-dealkylation sites (tertiary alicyclic amines) is 1. The Kier molecular flexibility index (Phi) is 2.71. The molecule has 0 radical (unpaired) electrons. The Morgan fingerprint density at radius 1 is 1.07 bits per heavy atom. The molecule has 0 bridgehead atoms. The highest BCUT2D eigenvalue weighted by Crippen LogP contribution is 2.23. The Hall–Kier alpha value is -1.38. The average Bonchev–Trinajstić information content (AvgIpc) is 2.67. The minimum absolute atomic E-state index is 0.536.